The van der Waals surface area contributed by atoms with Gasteiger partial charge in [0.2, 0.25) is 5.89 Å². The molecule has 0 aliphatic carbocycles. The molecule has 33 heavy (non-hydrogen) atoms. The van der Waals surface area contributed by atoms with Crippen LogP contribution in [0.1, 0.15) is 35.9 Å². The first kappa shape index (κ1) is 22.9. The third kappa shape index (κ3) is 5.73. The number of oxazole rings is 1. The summed E-state index contributed by atoms with van der Waals surface area (Å²) >= 11 is 0. The van der Waals surface area contributed by atoms with E-state index in [1.165, 1.54) is 24.0 Å². The molecule has 4 rings (SSSR count). The topological polar surface area (TPSA) is 74.9 Å². The molecule has 1 fully saturated rings. The molecular formula is C26H33N5O2. The van der Waals surface area contributed by atoms with Gasteiger partial charge in [-0.3, -0.25) is 9.89 Å². The number of hydrogen-bond donors (Lipinski definition) is 2. The van der Waals surface area contributed by atoms with Crippen molar-refractivity contribution >= 4 is 5.96 Å². The molecule has 1 aliphatic heterocycles. The largest absolute Gasteiger partial charge is 0.496 e. The van der Waals surface area contributed by atoms with Crippen LogP contribution in [0.3, 0.4) is 0 Å². The Morgan fingerprint density at radius 1 is 1.12 bits per heavy atom. The average Bonchev–Trinajstić information content (AvgIpc) is 3.55. The minimum absolute atomic E-state index is 0.206. The first-order chi connectivity index (χ1) is 16.2. The van der Waals surface area contributed by atoms with E-state index in [2.05, 4.69) is 56.7 Å². The Bertz CT molecular complexity index is 1050. The van der Waals surface area contributed by atoms with Crippen LogP contribution in [0.25, 0.3) is 11.3 Å². The van der Waals surface area contributed by atoms with Gasteiger partial charge >= 0.3 is 0 Å². The number of aliphatic imine (C=N–C) groups is 1. The van der Waals surface area contributed by atoms with Crippen LogP contribution < -0.4 is 15.4 Å². The molecule has 1 aliphatic rings. The summed E-state index contributed by atoms with van der Waals surface area (Å²) in [7, 11) is 3.51. The van der Waals surface area contributed by atoms with Crippen molar-refractivity contribution in [1.82, 2.24) is 20.5 Å². The maximum Gasteiger partial charge on any atom is 0.214 e. The molecule has 2 N–H and O–H groups in total. The third-order valence-electron chi connectivity index (χ3n) is 6.06. The second kappa shape index (κ2) is 11.0. The van der Waals surface area contributed by atoms with E-state index in [0.29, 0.717) is 18.4 Å². The van der Waals surface area contributed by atoms with Crippen LogP contribution >= 0.6 is 0 Å². The van der Waals surface area contributed by atoms with Crippen molar-refractivity contribution < 1.29 is 9.15 Å². The van der Waals surface area contributed by atoms with Gasteiger partial charge in [-0.05, 0) is 38.9 Å². The van der Waals surface area contributed by atoms with Crippen molar-refractivity contribution in [2.24, 2.45) is 4.99 Å². The van der Waals surface area contributed by atoms with Crippen LogP contribution in [0.5, 0.6) is 5.75 Å². The lowest BCUT2D eigenvalue weighted by Gasteiger charge is -2.29. The molecule has 174 valence electrons. The van der Waals surface area contributed by atoms with Gasteiger partial charge in [-0.15, -0.1) is 0 Å². The van der Waals surface area contributed by atoms with Gasteiger partial charge in [0.1, 0.15) is 5.75 Å². The van der Waals surface area contributed by atoms with Crippen molar-refractivity contribution in [3.63, 3.8) is 0 Å². The number of guanidine groups is 1. The molecule has 1 unspecified atom stereocenters. The van der Waals surface area contributed by atoms with Crippen molar-refractivity contribution in [2.75, 3.05) is 33.8 Å². The lowest BCUT2D eigenvalue weighted by molar-refractivity contribution is 0.239. The Morgan fingerprint density at radius 3 is 2.61 bits per heavy atom. The predicted octanol–water partition coefficient (Wildman–Crippen LogP) is 4.16. The summed E-state index contributed by atoms with van der Waals surface area (Å²) in [6.07, 6.45) is 4.22. The zero-order chi connectivity index (χ0) is 23.0. The van der Waals surface area contributed by atoms with Gasteiger partial charge in [0.05, 0.1) is 25.9 Å². The van der Waals surface area contributed by atoms with E-state index >= 15 is 0 Å². The normalized spacial score (nSPS) is 15.4. The van der Waals surface area contributed by atoms with Crippen LogP contribution in [0.4, 0.5) is 0 Å². The van der Waals surface area contributed by atoms with Gasteiger partial charge in [-0.1, -0.05) is 48.0 Å². The smallest absolute Gasteiger partial charge is 0.214 e. The van der Waals surface area contributed by atoms with E-state index < -0.39 is 0 Å². The zero-order valence-corrected chi connectivity index (χ0v) is 19.7. The van der Waals surface area contributed by atoms with E-state index in [1.807, 2.05) is 24.3 Å². The van der Waals surface area contributed by atoms with E-state index in [4.69, 9.17) is 9.15 Å². The molecular weight excluding hydrogens is 414 g/mol. The summed E-state index contributed by atoms with van der Waals surface area (Å²) in [5, 5.41) is 6.80. The highest BCUT2D eigenvalue weighted by molar-refractivity contribution is 5.79. The first-order valence-electron chi connectivity index (χ1n) is 11.5. The van der Waals surface area contributed by atoms with Gasteiger partial charge in [-0.2, -0.15) is 0 Å². The Kier molecular flexibility index (Phi) is 7.62. The molecule has 0 bridgehead atoms. The van der Waals surface area contributed by atoms with Crippen LogP contribution in [0.2, 0.25) is 0 Å². The second-order valence-corrected chi connectivity index (χ2v) is 8.29. The van der Waals surface area contributed by atoms with Crippen molar-refractivity contribution in [3.8, 4) is 17.1 Å². The summed E-state index contributed by atoms with van der Waals surface area (Å²) < 4.78 is 11.6. The number of likely N-dealkylation sites (tertiary alicyclic amines) is 1. The van der Waals surface area contributed by atoms with Crippen molar-refractivity contribution in [3.05, 3.63) is 71.7 Å². The maximum absolute atomic E-state index is 5.93. The molecule has 7 nitrogen and oxygen atoms in total. The van der Waals surface area contributed by atoms with Gasteiger partial charge in [0.25, 0.3) is 0 Å². The first-order valence-corrected chi connectivity index (χ1v) is 11.5. The molecule has 7 heteroatoms. The highest BCUT2D eigenvalue weighted by Gasteiger charge is 2.26. The van der Waals surface area contributed by atoms with Crippen LogP contribution in [0.15, 0.2) is 64.1 Å². The Balaban J connectivity index is 1.38. The molecule has 1 aromatic heterocycles. The number of aromatic nitrogens is 1. The number of aryl methyl sites for hydroxylation is 1. The zero-order valence-electron chi connectivity index (χ0n) is 19.7. The number of para-hydroxylation sites is 1. The van der Waals surface area contributed by atoms with Gasteiger partial charge in [-0.25, -0.2) is 4.98 Å². The van der Waals surface area contributed by atoms with Gasteiger partial charge < -0.3 is 19.8 Å². The standard InChI is InChI=1S/C26H33N5O2/c1-19-10-12-20(13-11-19)24-17-28-25(33-24)18-30-26(27-2)29-16-22(31-14-6-7-15-31)21-8-4-5-9-23(21)32-3/h4-5,8-13,17,22H,6-7,14-16,18H2,1-3H3,(H2,27,29,30). The molecule has 1 atom stereocenters. The molecule has 2 heterocycles. The number of methoxy groups -OCH3 is 1. The fourth-order valence-electron chi connectivity index (χ4n) is 4.25. The number of ether oxygens (including phenoxy) is 1. The average molecular weight is 448 g/mol. The summed E-state index contributed by atoms with van der Waals surface area (Å²) in [5.41, 5.74) is 3.43. The fourth-order valence-corrected chi connectivity index (χ4v) is 4.25. The fraction of sp³-hybridized carbons (Fsp3) is 0.385. The predicted molar refractivity (Wildman–Crippen MR) is 131 cm³/mol. The number of rotatable bonds is 8. The maximum atomic E-state index is 5.93. The molecule has 0 amide bonds. The van der Waals surface area contributed by atoms with E-state index in [0.717, 1.165) is 36.7 Å². The Labute approximate surface area is 195 Å². The Hall–Kier alpha value is -3.32. The summed E-state index contributed by atoms with van der Waals surface area (Å²) in [4.78, 5) is 11.3. The van der Waals surface area contributed by atoms with Crippen molar-refractivity contribution in [1.29, 1.82) is 0 Å². The Morgan fingerprint density at radius 2 is 1.88 bits per heavy atom. The monoisotopic (exact) mass is 447 g/mol. The lowest BCUT2D eigenvalue weighted by Crippen LogP contribution is -2.42. The summed E-state index contributed by atoms with van der Waals surface area (Å²) in [6, 6.07) is 16.7. The van der Waals surface area contributed by atoms with Crippen molar-refractivity contribution in [2.45, 2.75) is 32.4 Å². The molecule has 0 spiro atoms. The van der Waals surface area contributed by atoms with Crippen LogP contribution in [-0.4, -0.2) is 49.6 Å². The SMILES string of the molecule is CN=C(NCc1ncc(-c2ccc(C)cc2)o1)NCC(c1ccccc1OC)N1CCCC1. The number of hydrogen-bond acceptors (Lipinski definition) is 5. The van der Waals surface area contributed by atoms with Crippen LogP contribution in [-0.2, 0) is 6.54 Å². The highest BCUT2D eigenvalue weighted by atomic mass is 16.5. The van der Waals surface area contributed by atoms with Crippen LogP contribution in [0, 0.1) is 6.92 Å². The molecule has 0 radical (unpaired) electrons. The number of nitrogens with zero attached hydrogens (tertiary/aromatic N) is 3. The summed E-state index contributed by atoms with van der Waals surface area (Å²) in [6.45, 7) is 5.43. The summed E-state index contributed by atoms with van der Waals surface area (Å²) in [5.74, 6) is 3.01. The molecule has 0 saturated carbocycles. The minimum atomic E-state index is 0.206. The quantitative estimate of drug-likeness (QED) is 0.399. The highest BCUT2D eigenvalue weighted by Crippen LogP contribution is 2.31. The van der Waals surface area contributed by atoms with E-state index in [1.54, 1.807) is 20.4 Å². The van der Waals surface area contributed by atoms with E-state index in [9.17, 15) is 0 Å². The number of nitrogens with one attached hydrogen (secondary N) is 2. The second-order valence-electron chi connectivity index (χ2n) is 8.29. The lowest BCUT2D eigenvalue weighted by atomic mass is 10.0. The minimum Gasteiger partial charge on any atom is -0.496 e. The van der Waals surface area contributed by atoms with E-state index in [-0.39, 0.29) is 6.04 Å². The molecule has 1 saturated heterocycles. The molecule has 2 aromatic carbocycles. The van der Waals surface area contributed by atoms with Gasteiger partial charge in [0.15, 0.2) is 11.7 Å². The molecule has 3 aromatic rings. The number of benzene rings is 2. The third-order valence-corrected chi connectivity index (χ3v) is 6.06. The van der Waals surface area contributed by atoms with Gasteiger partial charge in [0, 0.05) is 24.7 Å².